The van der Waals surface area contributed by atoms with E-state index in [-0.39, 0.29) is 5.56 Å². The highest BCUT2D eigenvalue weighted by Gasteiger charge is 2.20. The first-order valence-corrected chi connectivity index (χ1v) is 8.86. The first-order chi connectivity index (χ1) is 10.1. The Bertz CT molecular complexity index is 509. The molecule has 0 spiro atoms. The highest BCUT2D eigenvalue weighted by Crippen LogP contribution is 2.27. The lowest BCUT2D eigenvalue weighted by Crippen LogP contribution is -2.31. The summed E-state index contributed by atoms with van der Waals surface area (Å²) in [4.78, 5) is 12.4. The number of rotatable bonds is 8. The van der Waals surface area contributed by atoms with Crippen molar-refractivity contribution in [3.05, 3.63) is 21.0 Å². The number of unbranched alkanes of at least 4 members (excludes halogenated alkanes) is 1. The molecule has 0 radical (unpaired) electrons. The first-order valence-electron chi connectivity index (χ1n) is 8.07. The van der Waals surface area contributed by atoms with E-state index in [2.05, 4.69) is 40.2 Å². The van der Waals surface area contributed by atoms with Crippen molar-refractivity contribution in [3.63, 3.8) is 0 Å². The molecule has 1 heterocycles. The quantitative estimate of drug-likeness (QED) is 0.715. The number of hydrogen-bond acceptors (Lipinski definition) is 3. The van der Waals surface area contributed by atoms with Crippen LogP contribution in [0.1, 0.15) is 52.4 Å². The third-order valence-electron chi connectivity index (χ3n) is 4.16. The van der Waals surface area contributed by atoms with Gasteiger partial charge in [-0.2, -0.15) is 5.10 Å². The summed E-state index contributed by atoms with van der Waals surface area (Å²) >= 11 is 3.43. The molecule has 0 amide bonds. The van der Waals surface area contributed by atoms with Crippen molar-refractivity contribution >= 4 is 21.6 Å². The Morgan fingerprint density at radius 1 is 1.43 bits per heavy atom. The molecule has 0 bridgehead atoms. The summed E-state index contributed by atoms with van der Waals surface area (Å²) in [6.07, 6.45) is 9.00. The summed E-state index contributed by atoms with van der Waals surface area (Å²) in [5, 5.41) is 7.53. The van der Waals surface area contributed by atoms with Crippen molar-refractivity contribution < 1.29 is 0 Å². The second kappa shape index (κ2) is 7.97. The molecule has 1 aliphatic rings. The molecule has 1 N–H and O–H groups in total. The fourth-order valence-electron chi connectivity index (χ4n) is 2.57. The lowest BCUT2D eigenvalue weighted by atomic mass is 9.85. The second-order valence-corrected chi connectivity index (χ2v) is 7.32. The van der Waals surface area contributed by atoms with Crippen molar-refractivity contribution in [2.45, 2.75) is 58.9 Å². The van der Waals surface area contributed by atoms with E-state index in [1.54, 1.807) is 10.9 Å². The van der Waals surface area contributed by atoms with Crippen molar-refractivity contribution in [3.8, 4) is 0 Å². The van der Waals surface area contributed by atoms with Crippen LogP contribution in [0.15, 0.2) is 15.5 Å². The molecule has 0 aromatic carbocycles. The van der Waals surface area contributed by atoms with Crippen LogP contribution >= 0.6 is 15.9 Å². The lowest BCUT2D eigenvalue weighted by molar-refractivity contribution is 0.262. The Kier molecular flexibility index (Phi) is 6.27. The maximum atomic E-state index is 12.4. The Balaban J connectivity index is 1.91. The van der Waals surface area contributed by atoms with Crippen LogP contribution in [0.4, 0.5) is 5.69 Å². The molecular formula is C16H26BrN3O. The molecule has 0 atom stereocenters. The number of aromatic nitrogens is 2. The van der Waals surface area contributed by atoms with Gasteiger partial charge in [-0.1, -0.05) is 33.1 Å². The minimum Gasteiger partial charge on any atom is -0.380 e. The van der Waals surface area contributed by atoms with E-state index >= 15 is 0 Å². The minimum absolute atomic E-state index is 0.000125. The van der Waals surface area contributed by atoms with Crippen molar-refractivity contribution in [1.82, 2.24) is 9.78 Å². The molecule has 0 aliphatic heterocycles. The van der Waals surface area contributed by atoms with E-state index in [9.17, 15) is 4.79 Å². The van der Waals surface area contributed by atoms with Gasteiger partial charge >= 0.3 is 0 Å². The molecule has 118 valence electrons. The summed E-state index contributed by atoms with van der Waals surface area (Å²) < 4.78 is 2.38. The number of halogens is 1. The fourth-order valence-corrected chi connectivity index (χ4v) is 2.97. The molecular weight excluding hydrogens is 330 g/mol. The summed E-state index contributed by atoms with van der Waals surface area (Å²) in [5.74, 6) is 1.38. The van der Waals surface area contributed by atoms with E-state index in [0.717, 1.165) is 29.9 Å². The number of nitrogens with zero attached hydrogens (tertiary/aromatic N) is 2. The summed E-state index contributed by atoms with van der Waals surface area (Å²) in [5.41, 5.74) is 0.661. The van der Waals surface area contributed by atoms with Crippen LogP contribution in [0, 0.1) is 11.8 Å². The normalized spacial score (nSPS) is 15.2. The summed E-state index contributed by atoms with van der Waals surface area (Å²) in [7, 11) is 0. The molecule has 1 saturated carbocycles. The minimum atomic E-state index is 0.000125. The van der Waals surface area contributed by atoms with Crippen LogP contribution in [0.25, 0.3) is 0 Å². The molecule has 4 nitrogen and oxygen atoms in total. The molecule has 21 heavy (non-hydrogen) atoms. The van der Waals surface area contributed by atoms with Gasteiger partial charge in [0.15, 0.2) is 0 Å². The molecule has 1 aromatic heterocycles. The highest BCUT2D eigenvalue weighted by molar-refractivity contribution is 9.10. The van der Waals surface area contributed by atoms with E-state index in [1.165, 1.54) is 32.1 Å². The van der Waals surface area contributed by atoms with Gasteiger partial charge in [0.25, 0.3) is 5.56 Å². The van der Waals surface area contributed by atoms with Gasteiger partial charge in [0.1, 0.15) is 5.69 Å². The predicted molar refractivity (Wildman–Crippen MR) is 90.7 cm³/mol. The van der Waals surface area contributed by atoms with Crippen LogP contribution in [0.5, 0.6) is 0 Å². The smallest absolute Gasteiger partial charge is 0.291 e. The second-order valence-electron chi connectivity index (χ2n) is 6.47. The summed E-state index contributed by atoms with van der Waals surface area (Å²) in [6, 6.07) is 0. The van der Waals surface area contributed by atoms with E-state index < -0.39 is 0 Å². The van der Waals surface area contributed by atoms with E-state index in [1.807, 2.05) is 0 Å². The standard InChI is InChI=1S/C16H26BrN3O/c1-12(2)6-3-4-9-18-15-14(17)10-19-20(16(15)21)11-13-7-5-8-13/h10,12-13,18H,3-9,11H2,1-2H3. The van der Waals surface area contributed by atoms with E-state index in [4.69, 9.17) is 0 Å². The lowest BCUT2D eigenvalue weighted by Gasteiger charge is -2.25. The zero-order chi connectivity index (χ0) is 15.2. The molecule has 0 unspecified atom stereocenters. The molecule has 0 saturated heterocycles. The van der Waals surface area contributed by atoms with Crippen molar-refractivity contribution in [2.24, 2.45) is 11.8 Å². The molecule has 2 rings (SSSR count). The monoisotopic (exact) mass is 355 g/mol. The van der Waals surface area contributed by atoms with Gasteiger partial charge in [-0.05, 0) is 47.0 Å². The third kappa shape index (κ3) is 4.83. The van der Waals surface area contributed by atoms with Gasteiger partial charge in [0, 0.05) is 13.1 Å². The zero-order valence-electron chi connectivity index (χ0n) is 13.1. The van der Waals surface area contributed by atoms with Crippen LogP contribution in [-0.4, -0.2) is 16.3 Å². The van der Waals surface area contributed by atoms with Gasteiger partial charge in [0.2, 0.25) is 0 Å². The Hall–Kier alpha value is -0.840. The Labute approximate surface area is 135 Å². The van der Waals surface area contributed by atoms with Crippen LogP contribution in [0.3, 0.4) is 0 Å². The van der Waals surface area contributed by atoms with Crippen molar-refractivity contribution in [2.75, 3.05) is 11.9 Å². The Morgan fingerprint density at radius 3 is 2.81 bits per heavy atom. The third-order valence-corrected chi connectivity index (χ3v) is 4.76. The number of hydrogen-bond donors (Lipinski definition) is 1. The number of anilines is 1. The molecule has 5 heteroatoms. The average Bonchev–Trinajstić information content (AvgIpc) is 2.38. The SMILES string of the molecule is CC(C)CCCCNc1c(Br)cnn(CC2CCC2)c1=O. The maximum absolute atomic E-state index is 12.4. The van der Waals surface area contributed by atoms with Crippen molar-refractivity contribution in [1.29, 1.82) is 0 Å². The highest BCUT2D eigenvalue weighted by atomic mass is 79.9. The van der Waals surface area contributed by atoms with Gasteiger partial charge in [0.05, 0.1) is 10.7 Å². The maximum Gasteiger partial charge on any atom is 0.291 e. The van der Waals surface area contributed by atoms with Crippen LogP contribution in [-0.2, 0) is 6.54 Å². The predicted octanol–water partition coefficient (Wildman–Crippen LogP) is 4.04. The summed E-state index contributed by atoms with van der Waals surface area (Å²) in [6.45, 7) is 6.08. The molecule has 1 fully saturated rings. The largest absolute Gasteiger partial charge is 0.380 e. The first kappa shape index (κ1) is 16.5. The topological polar surface area (TPSA) is 46.9 Å². The van der Waals surface area contributed by atoms with Gasteiger partial charge in [-0.3, -0.25) is 4.79 Å². The fraction of sp³-hybridized carbons (Fsp3) is 0.750. The van der Waals surface area contributed by atoms with Gasteiger partial charge in [-0.25, -0.2) is 4.68 Å². The van der Waals surface area contributed by atoms with E-state index in [0.29, 0.717) is 11.6 Å². The average molecular weight is 356 g/mol. The number of nitrogens with one attached hydrogen (secondary N) is 1. The van der Waals surface area contributed by atoms with Gasteiger partial charge < -0.3 is 5.32 Å². The van der Waals surface area contributed by atoms with Crippen LogP contribution in [0.2, 0.25) is 0 Å². The zero-order valence-corrected chi connectivity index (χ0v) is 14.7. The van der Waals surface area contributed by atoms with Crippen LogP contribution < -0.4 is 10.9 Å². The Morgan fingerprint density at radius 2 is 2.19 bits per heavy atom. The molecule has 1 aliphatic carbocycles. The molecule has 1 aromatic rings. The van der Waals surface area contributed by atoms with Gasteiger partial charge in [-0.15, -0.1) is 0 Å².